The number of carbonyl (C=O) groups excluding carboxylic acids is 1. The van der Waals surface area contributed by atoms with Crippen LogP contribution in [-0.4, -0.2) is 52.6 Å². The second-order valence-corrected chi connectivity index (χ2v) is 5.96. The number of aliphatic hydroxyl groups excluding tert-OH is 1. The molecule has 0 aliphatic carbocycles. The van der Waals surface area contributed by atoms with Crippen molar-refractivity contribution in [3.63, 3.8) is 0 Å². The number of aromatic nitrogens is 2. The van der Waals surface area contributed by atoms with Crippen molar-refractivity contribution in [2.24, 2.45) is 0 Å². The highest BCUT2D eigenvalue weighted by Gasteiger charge is 2.15. The van der Waals surface area contributed by atoms with Gasteiger partial charge in [0, 0.05) is 18.0 Å². The number of benzene rings is 1. The van der Waals surface area contributed by atoms with Crippen LogP contribution in [0.1, 0.15) is 16.8 Å². The van der Waals surface area contributed by atoms with E-state index in [0.29, 0.717) is 17.0 Å². The van der Waals surface area contributed by atoms with Crippen molar-refractivity contribution in [1.82, 2.24) is 15.1 Å². The van der Waals surface area contributed by atoms with Gasteiger partial charge in [-0.05, 0) is 42.7 Å². The van der Waals surface area contributed by atoms with Crippen LogP contribution in [-0.2, 0) is 0 Å². The van der Waals surface area contributed by atoms with Gasteiger partial charge in [-0.3, -0.25) is 4.79 Å². The lowest BCUT2D eigenvalue weighted by atomic mass is 10.1. The predicted molar refractivity (Wildman–Crippen MR) is 91.5 cm³/mol. The molecule has 2 rings (SSSR count). The molecule has 1 aromatic carbocycles. The standard InChI is InChI=1S/C16H21N3O3S/c1-22-15-5-4-12(10-14(15)19-8-3-7-17-19)16(21)18-13(11-20)6-9-23-2/h3-5,7-8,10,13,20H,6,9,11H2,1-2H3,(H,18,21)/t13-/m1/s1. The molecule has 1 aromatic heterocycles. The molecule has 0 radical (unpaired) electrons. The predicted octanol–water partition coefficient (Wildman–Crippen LogP) is 1.72. The molecule has 7 heteroatoms. The van der Waals surface area contributed by atoms with E-state index in [0.717, 1.165) is 12.2 Å². The summed E-state index contributed by atoms with van der Waals surface area (Å²) in [5.74, 6) is 1.29. The molecular weight excluding hydrogens is 314 g/mol. The van der Waals surface area contributed by atoms with Gasteiger partial charge in [0.05, 0.1) is 19.8 Å². The lowest BCUT2D eigenvalue weighted by Gasteiger charge is -2.16. The minimum atomic E-state index is -0.245. The first-order valence-corrected chi connectivity index (χ1v) is 8.67. The Morgan fingerprint density at radius 3 is 2.96 bits per heavy atom. The number of amides is 1. The van der Waals surface area contributed by atoms with E-state index in [1.165, 1.54) is 0 Å². The summed E-state index contributed by atoms with van der Waals surface area (Å²) in [6, 6.07) is 6.72. The van der Waals surface area contributed by atoms with Crippen LogP contribution < -0.4 is 10.1 Å². The smallest absolute Gasteiger partial charge is 0.251 e. The molecule has 124 valence electrons. The highest BCUT2D eigenvalue weighted by Crippen LogP contribution is 2.23. The molecule has 23 heavy (non-hydrogen) atoms. The fourth-order valence-corrected chi connectivity index (χ4v) is 2.68. The number of hydrogen-bond donors (Lipinski definition) is 2. The van der Waals surface area contributed by atoms with Crippen LogP contribution in [0.15, 0.2) is 36.7 Å². The van der Waals surface area contributed by atoms with Gasteiger partial charge in [-0.2, -0.15) is 16.9 Å². The Labute approximate surface area is 139 Å². The third kappa shape index (κ3) is 4.49. The summed E-state index contributed by atoms with van der Waals surface area (Å²) in [5, 5.41) is 16.4. The topological polar surface area (TPSA) is 76.4 Å². The van der Waals surface area contributed by atoms with Crippen molar-refractivity contribution in [2.75, 3.05) is 25.7 Å². The average molecular weight is 335 g/mol. The molecule has 0 fully saturated rings. The highest BCUT2D eigenvalue weighted by molar-refractivity contribution is 7.98. The fourth-order valence-electron chi connectivity index (χ4n) is 2.16. The van der Waals surface area contributed by atoms with E-state index in [2.05, 4.69) is 10.4 Å². The number of nitrogens with zero attached hydrogens (tertiary/aromatic N) is 2. The van der Waals surface area contributed by atoms with Crippen molar-refractivity contribution >= 4 is 17.7 Å². The Bertz CT molecular complexity index is 632. The van der Waals surface area contributed by atoms with Crippen molar-refractivity contribution < 1.29 is 14.6 Å². The van der Waals surface area contributed by atoms with Crippen molar-refractivity contribution in [3.8, 4) is 11.4 Å². The average Bonchev–Trinajstić information content (AvgIpc) is 3.12. The second-order valence-electron chi connectivity index (χ2n) is 4.97. The zero-order valence-electron chi connectivity index (χ0n) is 13.2. The van der Waals surface area contributed by atoms with E-state index in [1.54, 1.807) is 60.2 Å². The van der Waals surface area contributed by atoms with Crippen molar-refractivity contribution in [3.05, 3.63) is 42.2 Å². The Morgan fingerprint density at radius 1 is 1.52 bits per heavy atom. The molecule has 1 heterocycles. The van der Waals surface area contributed by atoms with Crippen LogP contribution in [0, 0.1) is 0 Å². The van der Waals surface area contributed by atoms with Crippen LogP contribution in [0.2, 0.25) is 0 Å². The Morgan fingerprint density at radius 2 is 2.35 bits per heavy atom. The van der Waals surface area contributed by atoms with Crippen molar-refractivity contribution in [1.29, 1.82) is 0 Å². The maximum atomic E-state index is 12.4. The van der Waals surface area contributed by atoms with E-state index in [4.69, 9.17) is 4.74 Å². The summed E-state index contributed by atoms with van der Waals surface area (Å²) in [7, 11) is 1.58. The molecule has 0 bridgehead atoms. The van der Waals surface area contributed by atoms with E-state index in [-0.39, 0.29) is 18.6 Å². The van der Waals surface area contributed by atoms with Crippen LogP contribution in [0.25, 0.3) is 5.69 Å². The first-order valence-electron chi connectivity index (χ1n) is 7.28. The summed E-state index contributed by atoms with van der Waals surface area (Å²) in [4.78, 5) is 12.4. The van der Waals surface area contributed by atoms with Crippen LogP contribution in [0.5, 0.6) is 5.75 Å². The van der Waals surface area contributed by atoms with Gasteiger partial charge in [0.25, 0.3) is 5.91 Å². The Balaban J connectivity index is 2.19. The third-order valence-corrected chi connectivity index (χ3v) is 4.06. The lowest BCUT2D eigenvalue weighted by molar-refractivity contribution is 0.0915. The SMILES string of the molecule is COc1ccc(C(=O)N[C@@H](CO)CCSC)cc1-n1cccn1. The number of ether oxygens (including phenoxy) is 1. The summed E-state index contributed by atoms with van der Waals surface area (Å²) in [6.45, 7) is -0.0749. The van der Waals surface area contributed by atoms with Gasteiger partial charge in [-0.25, -0.2) is 4.68 Å². The first kappa shape index (κ1) is 17.4. The van der Waals surface area contributed by atoms with E-state index >= 15 is 0 Å². The fraction of sp³-hybridized carbons (Fsp3) is 0.375. The minimum absolute atomic E-state index is 0.0749. The molecule has 0 spiro atoms. The maximum Gasteiger partial charge on any atom is 0.251 e. The number of aliphatic hydroxyl groups is 1. The van der Waals surface area contributed by atoms with Gasteiger partial charge in [0.2, 0.25) is 0 Å². The molecular formula is C16H21N3O3S. The van der Waals surface area contributed by atoms with Gasteiger partial charge in [0.1, 0.15) is 11.4 Å². The van der Waals surface area contributed by atoms with Gasteiger partial charge < -0.3 is 15.2 Å². The highest BCUT2D eigenvalue weighted by atomic mass is 32.2. The largest absolute Gasteiger partial charge is 0.494 e. The van der Waals surface area contributed by atoms with Gasteiger partial charge in [0.15, 0.2) is 0 Å². The zero-order chi connectivity index (χ0) is 16.7. The number of nitrogens with one attached hydrogen (secondary N) is 1. The summed E-state index contributed by atoms with van der Waals surface area (Å²) in [6.07, 6.45) is 6.17. The molecule has 0 aliphatic rings. The number of carbonyl (C=O) groups is 1. The van der Waals surface area contributed by atoms with E-state index in [9.17, 15) is 9.90 Å². The maximum absolute atomic E-state index is 12.4. The molecule has 2 aromatic rings. The number of thioether (sulfide) groups is 1. The van der Waals surface area contributed by atoms with Crippen LogP contribution in [0.4, 0.5) is 0 Å². The molecule has 0 saturated carbocycles. The molecule has 0 saturated heterocycles. The third-order valence-electron chi connectivity index (χ3n) is 3.42. The molecule has 1 amide bonds. The number of rotatable bonds is 8. The summed E-state index contributed by atoms with van der Waals surface area (Å²) >= 11 is 1.68. The molecule has 1 atom stereocenters. The normalized spacial score (nSPS) is 12.0. The zero-order valence-corrected chi connectivity index (χ0v) is 14.0. The summed E-state index contributed by atoms with van der Waals surface area (Å²) < 4.78 is 6.97. The second kappa shape index (κ2) is 8.59. The number of hydrogen-bond acceptors (Lipinski definition) is 5. The van der Waals surface area contributed by atoms with Crippen LogP contribution >= 0.6 is 11.8 Å². The quantitative estimate of drug-likeness (QED) is 0.768. The van der Waals surface area contributed by atoms with E-state index in [1.807, 2.05) is 6.26 Å². The number of methoxy groups -OCH3 is 1. The summed E-state index contributed by atoms with van der Waals surface area (Å²) in [5.41, 5.74) is 1.19. The van der Waals surface area contributed by atoms with E-state index < -0.39 is 0 Å². The minimum Gasteiger partial charge on any atom is -0.494 e. The first-order chi connectivity index (χ1) is 11.2. The van der Waals surface area contributed by atoms with Gasteiger partial charge in [-0.15, -0.1) is 0 Å². The van der Waals surface area contributed by atoms with Gasteiger partial charge >= 0.3 is 0 Å². The van der Waals surface area contributed by atoms with Crippen LogP contribution in [0.3, 0.4) is 0 Å². The molecule has 0 aliphatic heterocycles. The molecule has 0 unspecified atom stereocenters. The Kier molecular flexibility index (Phi) is 6.49. The lowest BCUT2D eigenvalue weighted by Crippen LogP contribution is -2.38. The molecule has 2 N–H and O–H groups in total. The van der Waals surface area contributed by atoms with Crippen molar-refractivity contribution in [2.45, 2.75) is 12.5 Å². The monoisotopic (exact) mass is 335 g/mol. The van der Waals surface area contributed by atoms with Gasteiger partial charge in [-0.1, -0.05) is 0 Å². The Hall–Kier alpha value is -1.99. The molecule has 6 nitrogen and oxygen atoms in total.